The quantitative estimate of drug-likeness (QED) is 0.772. The molecule has 0 radical (unpaired) electrons. The Morgan fingerprint density at radius 3 is 2.56 bits per heavy atom. The molecular weight excluding hydrogens is 220 g/mol. The van der Waals surface area contributed by atoms with E-state index in [0.717, 1.165) is 17.8 Å². The highest BCUT2D eigenvalue weighted by Gasteiger charge is 2.19. The minimum atomic E-state index is 0.786. The zero-order valence-electron chi connectivity index (χ0n) is 12.4. The van der Waals surface area contributed by atoms with Crippen LogP contribution < -0.4 is 5.32 Å². The third-order valence-corrected chi connectivity index (χ3v) is 4.59. The fraction of sp³-hybridized carbons (Fsp3) is 0.875. The minimum absolute atomic E-state index is 0.786. The smallest absolute Gasteiger partial charge is 0.00171 e. The Bertz CT molecular complexity index is 277. The van der Waals surface area contributed by atoms with Crippen LogP contribution in [0.3, 0.4) is 0 Å². The average Bonchev–Trinajstić information content (AvgIpc) is 2.30. The normalized spacial score (nSPS) is 31.4. The van der Waals surface area contributed by atoms with Crippen molar-refractivity contribution in [3.63, 3.8) is 0 Å². The highest BCUT2D eigenvalue weighted by Crippen LogP contribution is 2.27. The van der Waals surface area contributed by atoms with E-state index in [1.54, 1.807) is 5.57 Å². The number of nitrogens with one attached hydrogen (secondary N) is 1. The predicted molar refractivity (Wildman–Crippen MR) is 78.7 cm³/mol. The summed E-state index contributed by atoms with van der Waals surface area (Å²) < 4.78 is 0. The van der Waals surface area contributed by atoms with Crippen LogP contribution in [0.15, 0.2) is 11.6 Å². The number of nitrogens with zero attached hydrogens (tertiary/aromatic N) is 1. The Morgan fingerprint density at radius 2 is 1.89 bits per heavy atom. The van der Waals surface area contributed by atoms with Gasteiger partial charge in [-0.2, -0.15) is 0 Å². The van der Waals surface area contributed by atoms with Crippen molar-refractivity contribution in [1.82, 2.24) is 10.2 Å². The van der Waals surface area contributed by atoms with Gasteiger partial charge in [0.05, 0.1) is 0 Å². The Kier molecular flexibility index (Phi) is 5.25. The van der Waals surface area contributed by atoms with Crippen molar-refractivity contribution in [2.24, 2.45) is 17.8 Å². The number of hydrogen-bond acceptors (Lipinski definition) is 2. The van der Waals surface area contributed by atoms with Crippen molar-refractivity contribution in [1.29, 1.82) is 0 Å². The maximum absolute atomic E-state index is 3.74. The number of allylic oxidation sites excluding steroid dienone is 2. The summed E-state index contributed by atoms with van der Waals surface area (Å²) in [5.41, 5.74) is 1.60. The highest BCUT2D eigenvalue weighted by molar-refractivity contribution is 5.06. The Balaban J connectivity index is 1.62. The van der Waals surface area contributed by atoms with Crippen molar-refractivity contribution in [2.75, 3.05) is 33.2 Å². The van der Waals surface area contributed by atoms with E-state index < -0.39 is 0 Å². The highest BCUT2D eigenvalue weighted by atomic mass is 15.1. The van der Waals surface area contributed by atoms with E-state index in [9.17, 15) is 0 Å². The molecule has 18 heavy (non-hydrogen) atoms. The van der Waals surface area contributed by atoms with E-state index in [2.05, 4.69) is 37.2 Å². The van der Waals surface area contributed by atoms with Crippen LogP contribution in [0.25, 0.3) is 0 Å². The topological polar surface area (TPSA) is 15.3 Å². The molecule has 2 rings (SSSR count). The molecule has 2 atom stereocenters. The van der Waals surface area contributed by atoms with Crippen LogP contribution in [0.4, 0.5) is 0 Å². The SMILES string of the molecule is CC1=CC(C)CC(CNCC2CCN(C)CC2)C1. The van der Waals surface area contributed by atoms with Gasteiger partial charge in [0.25, 0.3) is 0 Å². The first-order valence-corrected chi connectivity index (χ1v) is 7.70. The lowest BCUT2D eigenvalue weighted by Gasteiger charge is -2.30. The Hall–Kier alpha value is -0.340. The second kappa shape index (κ2) is 6.72. The first-order valence-electron chi connectivity index (χ1n) is 7.70. The van der Waals surface area contributed by atoms with E-state index >= 15 is 0 Å². The lowest BCUT2D eigenvalue weighted by Crippen LogP contribution is -2.36. The van der Waals surface area contributed by atoms with Crippen LogP contribution in [-0.2, 0) is 0 Å². The first-order chi connectivity index (χ1) is 8.63. The standard InChI is InChI=1S/C16H30N2/c1-13-8-14(2)10-16(9-13)12-17-11-15-4-6-18(3)7-5-15/h8,13,15-17H,4-7,9-12H2,1-3H3. The van der Waals surface area contributed by atoms with Gasteiger partial charge in [-0.25, -0.2) is 0 Å². The number of rotatable bonds is 4. The van der Waals surface area contributed by atoms with E-state index in [-0.39, 0.29) is 0 Å². The molecule has 2 aliphatic rings. The second-order valence-corrected chi connectivity index (χ2v) is 6.70. The summed E-state index contributed by atoms with van der Waals surface area (Å²) in [5, 5.41) is 3.74. The van der Waals surface area contributed by atoms with E-state index in [0.29, 0.717) is 0 Å². The fourth-order valence-electron chi connectivity index (χ4n) is 3.60. The molecule has 2 unspecified atom stereocenters. The zero-order valence-corrected chi connectivity index (χ0v) is 12.4. The molecule has 1 fully saturated rings. The summed E-state index contributed by atoms with van der Waals surface area (Å²) in [5.74, 6) is 2.57. The maximum atomic E-state index is 3.74. The minimum Gasteiger partial charge on any atom is -0.316 e. The molecule has 0 aromatic carbocycles. The van der Waals surface area contributed by atoms with Gasteiger partial charge in [-0.3, -0.25) is 0 Å². The van der Waals surface area contributed by atoms with Gasteiger partial charge in [-0.15, -0.1) is 0 Å². The molecule has 1 heterocycles. The van der Waals surface area contributed by atoms with Crippen molar-refractivity contribution in [2.45, 2.75) is 39.5 Å². The molecule has 0 aromatic rings. The van der Waals surface area contributed by atoms with Crippen molar-refractivity contribution in [3.8, 4) is 0 Å². The second-order valence-electron chi connectivity index (χ2n) is 6.70. The molecule has 2 heteroatoms. The first kappa shape index (κ1) is 14.1. The molecule has 0 spiro atoms. The lowest BCUT2D eigenvalue weighted by atomic mass is 9.83. The van der Waals surface area contributed by atoms with E-state index in [1.165, 1.54) is 51.9 Å². The van der Waals surface area contributed by atoms with Crippen LogP contribution in [0, 0.1) is 17.8 Å². The summed E-state index contributed by atoms with van der Waals surface area (Å²) in [4.78, 5) is 2.45. The number of hydrogen-bond donors (Lipinski definition) is 1. The van der Waals surface area contributed by atoms with Gasteiger partial charge in [-0.05, 0) is 83.6 Å². The van der Waals surface area contributed by atoms with Crippen LogP contribution in [0.5, 0.6) is 0 Å². The molecule has 0 amide bonds. The fourth-order valence-corrected chi connectivity index (χ4v) is 3.60. The Morgan fingerprint density at radius 1 is 1.22 bits per heavy atom. The summed E-state index contributed by atoms with van der Waals surface area (Å²) in [6.45, 7) is 9.68. The van der Waals surface area contributed by atoms with Crippen LogP contribution in [-0.4, -0.2) is 38.1 Å². The molecule has 2 nitrogen and oxygen atoms in total. The molecule has 0 aromatic heterocycles. The number of likely N-dealkylation sites (tertiary alicyclic amines) is 1. The van der Waals surface area contributed by atoms with Gasteiger partial charge in [0.15, 0.2) is 0 Å². The zero-order chi connectivity index (χ0) is 13.0. The van der Waals surface area contributed by atoms with Gasteiger partial charge in [0.2, 0.25) is 0 Å². The predicted octanol–water partition coefficient (Wildman–Crippen LogP) is 2.91. The summed E-state index contributed by atoms with van der Waals surface area (Å²) in [6, 6.07) is 0. The van der Waals surface area contributed by atoms with E-state index in [1.807, 2.05) is 0 Å². The van der Waals surface area contributed by atoms with Crippen LogP contribution in [0.1, 0.15) is 39.5 Å². The average molecular weight is 250 g/mol. The lowest BCUT2D eigenvalue weighted by molar-refractivity contribution is 0.213. The van der Waals surface area contributed by atoms with Gasteiger partial charge < -0.3 is 10.2 Å². The summed E-state index contributed by atoms with van der Waals surface area (Å²) >= 11 is 0. The van der Waals surface area contributed by atoms with Gasteiger partial charge in [-0.1, -0.05) is 18.6 Å². The molecule has 1 saturated heterocycles. The molecule has 0 bridgehead atoms. The van der Waals surface area contributed by atoms with Crippen LogP contribution >= 0.6 is 0 Å². The molecule has 104 valence electrons. The third-order valence-electron chi connectivity index (χ3n) is 4.59. The van der Waals surface area contributed by atoms with Crippen LogP contribution in [0.2, 0.25) is 0 Å². The molecule has 0 saturated carbocycles. The van der Waals surface area contributed by atoms with Gasteiger partial charge in [0.1, 0.15) is 0 Å². The van der Waals surface area contributed by atoms with Gasteiger partial charge in [0, 0.05) is 0 Å². The molecule has 1 aliphatic heterocycles. The largest absolute Gasteiger partial charge is 0.316 e. The van der Waals surface area contributed by atoms with Crippen molar-refractivity contribution >= 4 is 0 Å². The van der Waals surface area contributed by atoms with E-state index in [4.69, 9.17) is 0 Å². The summed E-state index contributed by atoms with van der Waals surface area (Å²) in [7, 11) is 2.24. The summed E-state index contributed by atoms with van der Waals surface area (Å²) in [6.07, 6.45) is 7.89. The molecular formula is C16H30N2. The molecule has 1 aliphatic carbocycles. The van der Waals surface area contributed by atoms with Crippen molar-refractivity contribution < 1.29 is 0 Å². The van der Waals surface area contributed by atoms with Gasteiger partial charge >= 0.3 is 0 Å². The van der Waals surface area contributed by atoms with Crippen molar-refractivity contribution in [3.05, 3.63) is 11.6 Å². The molecule has 1 N–H and O–H groups in total. The number of piperidine rings is 1. The monoisotopic (exact) mass is 250 g/mol. The maximum Gasteiger partial charge on any atom is -0.00171 e. The Labute approximate surface area is 113 Å². The third kappa shape index (κ3) is 4.40.